The van der Waals surface area contributed by atoms with Crippen molar-refractivity contribution in [3.8, 4) is 6.07 Å². The van der Waals surface area contributed by atoms with Gasteiger partial charge in [-0.1, -0.05) is 18.2 Å². The molecule has 0 unspecified atom stereocenters. The lowest BCUT2D eigenvalue weighted by Crippen LogP contribution is -2.55. The van der Waals surface area contributed by atoms with Crippen molar-refractivity contribution in [3.63, 3.8) is 0 Å². The first-order chi connectivity index (χ1) is 10.2. The first-order valence-corrected chi connectivity index (χ1v) is 7.76. The number of likely N-dealkylation sites (tertiary alicyclic amines) is 1. The average molecular weight is 286 g/mol. The second-order valence-electron chi connectivity index (χ2n) is 6.12. The van der Waals surface area contributed by atoms with E-state index < -0.39 is 0 Å². The van der Waals surface area contributed by atoms with Crippen LogP contribution in [0.3, 0.4) is 0 Å². The number of nitriles is 1. The number of hydrogen-bond donors (Lipinski definition) is 1. The van der Waals surface area contributed by atoms with Gasteiger partial charge in [-0.2, -0.15) is 5.26 Å². The first kappa shape index (κ1) is 14.5. The van der Waals surface area contributed by atoms with E-state index >= 15 is 0 Å². The van der Waals surface area contributed by atoms with Crippen molar-refractivity contribution in [2.75, 3.05) is 19.7 Å². The smallest absolute Gasteiger partial charge is 0.0995 e. The zero-order valence-corrected chi connectivity index (χ0v) is 12.3. The van der Waals surface area contributed by atoms with Crippen LogP contribution in [0.1, 0.15) is 36.8 Å². The van der Waals surface area contributed by atoms with Crippen molar-refractivity contribution >= 4 is 0 Å². The predicted molar refractivity (Wildman–Crippen MR) is 79.6 cm³/mol. The standard InChI is InChI=1S/C17H22N2O2/c18-12-14-4-1-2-5-15(14)13-19-9-7-17(8-10-19)16(20)6-3-11-21-17/h1-2,4-5,16,20H,3,6-11,13H2/t16-/m1/s1. The number of aliphatic hydroxyl groups is 1. The first-order valence-electron chi connectivity index (χ1n) is 7.76. The van der Waals surface area contributed by atoms with Crippen LogP contribution in [0.5, 0.6) is 0 Å². The van der Waals surface area contributed by atoms with Gasteiger partial charge >= 0.3 is 0 Å². The van der Waals surface area contributed by atoms with Gasteiger partial charge < -0.3 is 9.84 Å². The SMILES string of the molecule is N#Cc1ccccc1CN1CCC2(CC1)OCCC[C@H]2O. The summed E-state index contributed by atoms with van der Waals surface area (Å²) in [5, 5.41) is 19.4. The van der Waals surface area contributed by atoms with Crippen molar-refractivity contribution in [2.24, 2.45) is 0 Å². The Balaban J connectivity index is 1.62. The van der Waals surface area contributed by atoms with Gasteiger partial charge in [-0.15, -0.1) is 0 Å². The minimum absolute atomic E-state index is 0.316. The van der Waals surface area contributed by atoms with Crippen LogP contribution in [0.15, 0.2) is 24.3 Å². The van der Waals surface area contributed by atoms with Gasteiger partial charge in [-0.3, -0.25) is 4.90 Å². The molecule has 0 amide bonds. The van der Waals surface area contributed by atoms with Crippen LogP contribution in [-0.2, 0) is 11.3 Å². The van der Waals surface area contributed by atoms with Crippen LogP contribution in [0.4, 0.5) is 0 Å². The molecule has 112 valence electrons. The number of ether oxygens (including phenoxy) is 1. The Bertz CT molecular complexity index is 530. The number of piperidine rings is 1. The van der Waals surface area contributed by atoms with Crippen molar-refractivity contribution in [2.45, 2.75) is 43.9 Å². The highest BCUT2D eigenvalue weighted by Crippen LogP contribution is 2.35. The second-order valence-corrected chi connectivity index (χ2v) is 6.12. The molecule has 1 aromatic carbocycles. The van der Waals surface area contributed by atoms with Gasteiger partial charge in [-0.25, -0.2) is 0 Å². The van der Waals surface area contributed by atoms with E-state index in [-0.39, 0.29) is 11.7 Å². The Kier molecular flexibility index (Phi) is 4.25. The average Bonchev–Trinajstić information content (AvgIpc) is 2.53. The van der Waals surface area contributed by atoms with Crippen LogP contribution in [-0.4, -0.2) is 41.4 Å². The van der Waals surface area contributed by atoms with E-state index in [2.05, 4.69) is 11.0 Å². The molecule has 1 N–H and O–H groups in total. The molecule has 2 aliphatic rings. The third-order valence-electron chi connectivity index (χ3n) is 4.85. The van der Waals surface area contributed by atoms with Crippen molar-refractivity contribution in [1.82, 2.24) is 4.90 Å². The highest BCUT2D eigenvalue weighted by atomic mass is 16.5. The van der Waals surface area contributed by atoms with E-state index in [4.69, 9.17) is 10.00 Å². The molecule has 0 saturated carbocycles. The monoisotopic (exact) mass is 286 g/mol. The molecule has 1 aromatic rings. The molecule has 0 radical (unpaired) electrons. The fourth-order valence-corrected chi connectivity index (χ4v) is 3.49. The van der Waals surface area contributed by atoms with Gasteiger partial charge in [0.2, 0.25) is 0 Å². The van der Waals surface area contributed by atoms with E-state index in [1.54, 1.807) is 0 Å². The second kappa shape index (κ2) is 6.15. The molecule has 4 nitrogen and oxygen atoms in total. The van der Waals surface area contributed by atoms with Crippen LogP contribution in [0, 0.1) is 11.3 Å². The summed E-state index contributed by atoms with van der Waals surface area (Å²) in [5.41, 5.74) is 1.52. The number of rotatable bonds is 2. The molecule has 0 aromatic heterocycles. The van der Waals surface area contributed by atoms with Crippen LogP contribution in [0.25, 0.3) is 0 Å². The van der Waals surface area contributed by atoms with Gasteiger partial charge in [-0.05, 0) is 37.3 Å². The molecule has 0 bridgehead atoms. The van der Waals surface area contributed by atoms with E-state index in [1.807, 2.05) is 24.3 Å². The summed E-state index contributed by atoms with van der Waals surface area (Å²) in [7, 11) is 0. The summed E-state index contributed by atoms with van der Waals surface area (Å²) in [6.45, 7) is 3.40. The van der Waals surface area contributed by atoms with E-state index in [0.29, 0.717) is 0 Å². The molecule has 1 spiro atoms. The molecule has 2 heterocycles. The van der Waals surface area contributed by atoms with Crippen molar-refractivity contribution < 1.29 is 9.84 Å². The third kappa shape index (κ3) is 2.96. The van der Waals surface area contributed by atoms with Gasteiger partial charge in [0.15, 0.2) is 0 Å². The summed E-state index contributed by atoms with van der Waals surface area (Å²) < 4.78 is 5.93. The molecule has 3 rings (SSSR count). The van der Waals surface area contributed by atoms with Gasteiger partial charge in [0.05, 0.1) is 23.3 Å². The summed E-state index contributed by atoms with van der Waals surface area (Å²) in [4.78, 5) is 2.35. The summed E-state index contributed by atoms with van der Waals surface area (Å²) in [6, 6.07) is 10.0. The largest absolute Gasteiger partial charge is 0.390 e. The fraction of sp³-hybridized carbons (Fsp3) is 0.588. The van der Waals surface area contributed by atoms with Crippen molar-refractivity contribution in [3.05, 3.63) is 35.4 Å². The zero-order valence-electron chi connectivity index (χ0n) is 12.3. The quantitative estimate of drug-likeness (QED) is 0.904. The van der Waals surface area contributed by atoms with Crippen LogP contribution < -0.4 is 0 Å². The molecule has 2 aliphatic heterocycles. The van der Waals surface area contributed by atoms with Crippen LogP contribution >= 0.6 is 0 Å². The lowest BCUT2D eigenvalue weighted by Gasteiger charge is -2.46. The predicted octanol–water partition coefficient (Wildman–Crippen LogP) is 2.06. The topological polar surface area (TPSA) is 56.5 Å². The number of aliphatic hydroxyl groups excluding tert-OH is 1. The van der Waals surface area contributed by atoms with Gasteiger partial charge in [0.25, 0.3) is 0 Å². The fourth-order valence-electron chi connectivity index (χ4n) is 3.49. The Morgan fingerprint density at radius 2 is 2.10 bits per heavy atom. The van der Waals surface area contributed by atoms with Gasteiger partial charge in [0, 0.05) is 26.2 Å². The molecule has 2 saturated heterocycles. The number of nitrogens with zero attached hydrogens (tertiary/aromatic N) is 2. The maximum atomic E-state index is 10.3. The van der Waals surface area contributed by atoms with Crippen molar-refractivity contribution in [1.29, 1.82) is 5.26 Å². The van der Waals surface area contributed by atoms with Gasteiger partial charge in [0.1, 0.15) is 0 Å². The third-order valence-corrected chi connectivity index (χ3v) is 4.85. The molecule has 1 atom stereocenters. The maximum absolute atomic E-state index is 10.3. The van der Waals surface area contributed by atoms with E-state index in [9.17, 15) is 5.11 Å². The normalized spacial score (nSPS) is 25.6. The summed E-state index contributed by atoms with van der Waals surface area (Å²) in [6.07, 6.45) is 3.25. The van der Waals surface area contributed by atoms with Crippen LogP contribution in [0.2, 0.25) is 0 Å². The molecule has 4 heteroatoms. The zero-order chi connectivity index (χ0) is 14.7. The molecular weight excluding hydrogens is 264 g/mol. The minimum Gasteiger partial charge on any atom is -0.390 e. The summed E-state index contributed by atoms with van der Waals surface area (Å²) >= 11 is 0. The molecule has 0 aliphatic carbocycles. The number of hydrogen-bond acceptors (Lipinski definition) is 4. The summed E-state index contributed by atoms with van der Waals surface area (Å²) in [5.74, 6) is 0. The highest BCUT2D eigenvalue weighted by Gasteiger charge is 2.43. The van der Waals surface area contributed by atoms with E-state index in [1.165, 1.54) is 0 Å². The maximum Gasteiger partial charge on any atom is 0.0995 e. The van der Waals surface area contributed by atoms with E-state index in [0.717, 1.165) is 63.1 Å². The highest BCUT2D eigenvalue weighted by molar-refractivity contribution is 5.37. The Morgan fingerprint density at radius 1 is 1.33 bits per heavy atom. The Morgan fingerprint density at radius 3 is 2.81 bits per heavy atom. The lowest BCUT2D eigenvalue weighted by atomic mass is 9.82. The minimum atomic E-state index is -0.320. The molecular formula is C17H22N2O2. The molecule has 2 fully saturated rings. The Labute approximate surface area is 125 Å². The number of benzene rings is 1. The Hall–Kier alpha value is -1.41. The lowest BCUT2D eigenvalue weighted by molar-refractivity contribution is -0.177. The molecule has 21 heavy (non-hydrogen) atoms.